The van der Waals surface area contributed by atoms with E-state index in [9.17, 15) is 13.2 Å². The Bertz CT molecular complexity index is 561. The number of hydrogen-bond acceptors (Lipinski definition) is 1. The first-order chi connectivity index (χ1) is 9.88. The van der Waals surface area contributed by atoms with E-state index in [-0.39, 0.29) is 11.6 Å². The van der Waals surface area contributed by atoms with Crippen LogP contribution in [0, 0.1) is 6.92 Å². The van der Waals surface area contributed by atoms with Crippen LogP contribution in [0.4, 0.5) is 13.2 Å². The van der Waals surface area contributed by atoms with Gasteiger partial charge in [-0.3, -0.25) is 5.32 Å². The van der Waals surface area contributed by atoms with Crippen molar-refractivity contribution in [3.63, 3.8) is 0 Å². The Hall–Kier alpha value is -1.81. The quantitative estimate of drug-likeness (QED) is 0.841. The SMILES string of the molecule is Cc1ccc([C@@H](N[C@H](C)c2ccccc2)C(F)(F)F)cc1. The first kappa shape index (κ1) is 15.6. The Kier molecular flexibility index (Phi) is 4.68. The molecule has 0 fully saturated rings. The molecule has 2 aromatic carbocycles. The van der Waals surface area contributed by atoms with E-state index in [2.05, 4.69) is 5.32 Å². The van der Waals surface area contributed by atoms with Crippen molar-refractivity contribution in [2.75, 3.05) is 0 Å². The van der Waals surface area contributed by atoms with Gasteiger partial charge in [0.25, 0.3) is 0 Å². The number of benzene rings is 2. The summed E-state index contributed by atoms with van der Waals surface area (Å²) in [6, 6.07) is 13.5. The van der Waals surface area contributed by atoms with E-state index < -0.39 is 12.2 Å². The van der Waals surface area contributed by atoms with E-state index in [1.54, 1.807) is 19.1 Å². The van der Waals surface area contributed by atoms with Crippen LogP contribution in [0.1, 0.15) is 35.7 Å². The summed E-state index contributed by atoms with van der Waals surface area (Å²) in [5, 5.41) is 2.68. The molecular weight excluding hydrogens is 275 g/mol. The van der Waals surface area contributed by atoms with Crippen LogP contribution >= 0.6 is 0 Å². The number of nitrogens with one attached hydrogen (secondary N) is 1. The summed E-state index contributed by atoms with van der Waals surface area (Å²) in [6.07, 6.45) is -4.34. The predicted octanol–water partition coefficient (Wildman–Crippen LogP) is 4.95. The second-order valence-corrected chi connectivity index (χ2v) is 5.18. The Labute approximate surface area is 122 Å². The zero-order valence-electron chi connectivity index (χ0n) is 12.0. The summed E-state index contributed by atoms with van der Waals surface area (Å²) in [5.74, 6) is 0. The maximum absolute atomic E-state index is 13.3. The first-order valence-corrected chi connectivity index (χ1v) is 6.82. The second kappa shape index (κ2) is 6.31. The highest BCUT2D eigenvalue weighted by atomic mass is 19.4. The molecule has 0 unspecified atom stereocenters. The summed E-state index contributed by atoms with van der Waals surface area (Å²) in [6.45, 7) is 3.59. The maximum Gasteiger partial charge on any atom is 0.407 e. The van der Waals surface area contributed by atoms with Crippen LogP contribution in [0.5, 0.6) is 0 Å². The van der Waals surface area contributed by atoms with Crippen LogP contribution < -0.4 is 5.32 Å². The highest BCUT2D eigenvalue weighted by Crippen LogP contribution is 2.34. The van der Waals surface area contributed by atoms with Crippen molar-refractivity contribution in [1.82, 2.24) is 5.32 Å². The Morgan fingerprint density at radius 3 is 1.95 bits per heavy atom. The maximum atomic E-state index is 13.3. The topological polar surface area (TPSA) is 12.0 Å². The third-order valence-corrected chi connectivity index (χ3v) is 3.45. The van der Waals surface area contributed by atoms with Gasteiger partial charge in [0.1, 0.15) is 6.04 Å². The predicted molar refractivity (Wildman–Crippen MR) is 78.0 cm³/mol. The average molecular weight is 293 g/mol. The van der Waals surface area contributed by atoms with Crippen LogP contribution in [0.25, 0.3) is 0 Å². The van der Waals surface area contributed by atoms with Gasteiger partial charge in [0.2, 0.25) is 0 Å². The molecule has 2 aromatic rings. The van der Waals surface area contributed by atoms with Gasteiger partial charge in [-0.25, -0.2) is 0 Å². The summed E-state index contributed by atoms with van der Waals surface area (Å²) >= 11 is 0. The second-order valence-electron chi connectivity index (χ2n) is 5.18. The van der Waals surface area contributed by atoms with Crippen molar-refractivity contribution < 1.29 is 13.2 Å². The molecule has 0 saturated carbocycles. The first-order valence-electron chi connectivity index (χ1n) is 6.82. The zero-order chi connectivity index (χ0) is 15.5. The number of hydrogen-bond donors (Lipinski definition) is 1. The van der Waals surface area contributed by atoms with Crippen molar-refractivity contribution in [3.05, 3.63) is 71.3 Å². The van der Waals surface area contributed by atoms with E-state index in [0.717, 1.165) is 11.1 Å². The van der Waals surface area contributed by atoms with Crippen molar-refractivity contribution in [2.45, 2.75) is 32.1 Å². The summed E-state index contributed by atoms with van der Waals surface area (Å²) in [7, 11) is 0. The van der Waals surface area contributed by atoms with Crippen LogP contribution in [0.15, 0.2) is 54.6 Å². The lowest BCUT2D eigenvalue weighted by Gasteiger charge is -2.26. The van der Waals surface area contributed by atoms with E-state index in [4.69, 9.17) is 0 Å². The molecular formula is C17H18F3N. The largest absolute Gasteiger partial charge is 0.407 e. The van der Waals surface area contributed by atoms with Crippen molar-refractivity contribution in [3.8, 4) is 0 Å². The van der Waals surface area contributed by atoms with Gasteiger partial charge >= 0.3 is 6.18 Å². The van der Waals surface area contributed by atoms with Gasteiger partial charge < -0.3 is 0 Å². The van der Waals surface area contributed by atoms with Crippen molar-refractivity contribution in [2.24, 2.45) is 0 Å². The normalized spacial score (nSPS) is 14.7. The molecule has 0 heterocycles. The van der Waals surface area contributed by atoms with Gasteiger partial charge in [-0.05, 0) is 25.0 Å². The molecule has 0 spiro atoms. The van der Waals surface area contributed by atoms with Gasteiger partial charge in [0.05, 0.1) is 0 Å². The smallest absolute Gasteiger partial charge is 0.296 e. The van der Waals surface area contributed by atoms with Crippen LogP contribution in [-0.4, -0.2) is 6.18 Å². The lowest BCUT2D eigenvalue weighted by Crippen LogP contribution is -2.35. The zero-order valence-corrected chi connectivity index (χ0v) is 12.0. The molecule has 1 N–H and O–H groups in total. The average Bonchev–Trinajstić information content (AvgIpc) is 2.45. The van der Waals surface area contributed by atoms with E-state index in [0.29, 0.717) is 0 Å². The van der Waals surface area contributed by atoms with E-state index in [1.807, 2.05) is 37.3 Å². The van der Waals surface area contributed by atoms with Gasteiger partial charge in [-0.15, -0.1) is 0 Å². The monoisotopic (exact) mass is 293 g/mol. The molecule has 4 heteroatoms. The fourth-order valence-electron chi connectivity index (χ4n) is 2.23. The molecule has 0 bridgehead atoms. The third-order valence-electron chi connectivity index (χ3n) is 3.45. The van der Waals surface area contributed by atoms with Crippen LogP contribution in [0.3, 0.4) is 0 Å². The van der Waals surface area contributed by atoms with Gasteiger partial charge in [-0.1, -0.05) is 60.2 Å². The highest BCUT2D eigenvalue weighted by molar-refractivity contribution is 5.26. The van der Waals surface area contributed by atoms with Crippen LogP contribution in [-0.2, 0) is 0 Å². The molecule has 0 aromatic heterocycles. The standard InChI is InChI=1S/C17H18F3N/c1-12-8-10-15(11-9-12)16(17(18,19)20)21-13(2)14-6-4-3-5-7-14/h3-11,13,16,21H,1-2H3/t13-,16-/m1/s1. The van der Waals surface area contributed by atoms with Crippen molar-refractivity contribution >= 4 is 0 Å². The fourth-order valence-corrected chi connectivity index (χ4v) is 2.23. The molecule has 0 aliphatic heterocycles. The Balaban J connectivity index is 2.24. The minimum absolute atomic E-state index is 0.232. The fraction of sp³-hybridized carbons (Fsp3) is 0.294. The Morgan fingerprint density at radius 1 is 0.857 bits per heavy atom. The van der Waals surface area contributed by atoms with Gasteiger partial charge in [0.15, 0.2) is 0 Å². The molecule has 112 valence electrons. The molecule has 0 aliphatic carbocycles. The Morgan fingerprint density at radius 2 is 1.43 bits per heavy atom. The van der Waals surface area contributed by atoms with Crippen molar-refractivity contribution in [1.29, 1.82) is 0 Å². The summed E-state index contributed by atoms with van der Waals surface area (Å²) in [4.78, 5) is 0. The number of halogens is 3. The molecule has 0 radical (unpaired) electrons. The number of aryl methyl sites for hydroxylation is 1. The molecule has 0 saturated heterocycles. The highest BCUT2D eigenvalue weighted by Gasteiger charge is 2.41. The summed E-state index contributed by atoms with van der Waals surface area (Å²) < 4.78 is 40.0. The minimum atomic E-state index is -4.34. The summed E-state index contributed by atoms with van der Waals surface area (Å²) in [5.41, 5.74) is 2.01. The molecule has 2 atom stereocenters. The lowest BCUT2D eigenvalue weighted by molar-refractivity contribution is -0.159. The number of rotatable bonds is 4. The molecule has 1 nitrogen and oxygen atoms in total. The molecule has 2 rings (SSSR count). The lowest BCUT2D eigenvalue weighted by atomic mass is 10.0. The molecule has 0 aliphatic rings. The van der Waals surface area contributed by atoms with E-state index >= 15 is 0 Å². The van der Waals surface area contributed by atoms with Crippen LogP contribution in [0.2, 0.25) is 0 Å². The molecule has 21 heavy (non-hydrogen) atoms. The number of alkyl halides is 3. The molecule has 0 amide bonds. The van der Waals surface area contributed by atoms with Gasteiger partial charge in [0, 0.05) is 6.04 Å². The van der Waals surface area contributed by atoms with Gasteiger partial charge in [-0.2, -0.15) is 13.2 Å². The third kappa shape index (κ3) is 4.08. The van der Waals surface area contributed by atoms with E-state index in [1.165, 1.54) is 12.1 Å². The minimum Gasteiger partial charge on any atom is -0.296 e.